The first-order valence-corrected chi connectivity index (χ1v) is 14.0. The van der Waals surface area contributed by atoms with Crippen molar-refractivity contribution in [2.75, 3.05) is 0 Å². The van der Waals surface area contributed by atoms with Crippen LogP contribution in [0.2, 0.25) is 18.2 Å². The number of rotatable bonds is 2. The van der Waals surface area contributed by atoms with Crippen LogP contribution in [0.1, 0.15) is 33.1 Å². The quantitative estimate of drug-likeness (QED) is 0.661. The summed E-state index contributed by atoms with van der Waals surface area (Å²) in [5, 5.41) is 0. The number of hydrogen-bond acceptors (Lipinski definition) is 0. The van der Waals surface area contributed by atoms with Gasteiger partial charge >= 0.3 is 75.7 Å². The molecular formula is C10H22Sn. The molecule has 1 rings (SSSR count). The third-order valence-electron chi connectivity index (χ3n) is 2.96. The summed E-state index contributed by atoms with van der Waals surface area (Å²) in [6.45, 7) is 4.80. The monoisotopic (exact) mass is 262 g/mol. The molecule has 0 radical (unpaired) electrons. The summed E-state index contributed by atoms with van der Waals surface area (Å²) < 4.78 is 5.02. The van der Waals surface area contributed by atoms with Crippen LogP contribution < -0.4 is 0 Å². The van der Waals surface area contributed by atoms with E-state index in [1.54, 1.807) is 26.2 Å². The Balaban J connectivity index is 2.37. The molecule has 0 spiro atoms. The zero-order valence-electron chi connectivity index (χ0n) is 8.32. The number of hydrogen-bond donors (Lipinski definition) is 0. The van der Waals surface area contributed by atoms with Gasteiger partial charge in [0.15, 0.2) is 0 Å². The molecule has 66 valence electrons. The van der Waals surface area contributed by atoms with Crippen LogP contribution in [-0.2, 0) is 0 Å². The summed E-state index contributed by atoms with van der Waals surface area (Å²) in [5.74, 6) is 0.980. The Morgan fingerprint density at radius 1 is 1.09 bits per heavy atom. The zero-order chi connectivity index (χ0) is 8.32. The Labute approximate surface area is 75.6 Å². The van der Waals surface area contributed by atoms with Crippen molar-refractivity contribution >= 4 is 18.4 Å². The van der Waals surface area contributed by atoms with Gasteiger partial charge in [-0.15, -0.1) is 0 Å². The molecule has 0 unspecified atom stereocenters. The molecule has 0 atom stereocenters. The first kappa shape index (κ1) is 9.88. The fraction of sp³-hybridized carbons (Fsp3) is 1.00. The van der Waals surface area contributed by atoms with Crippen LogP contribution in [0.5, 0.6) is 0 Å². The third-order valence-corrected chi connectivity index (χ3v) is 17.0. The molecule has 0 nitrogen and oxygen atoms in total. The molecule has 0 aromatic heterocycles. The van der Waals surface area contributed by atoms with Crippen LogP contribution in [0, 0.1) is 5.92 Å². The molecule has 1 saturated heterocycles. The molecule has 1 heteroatoms. The molecule has 0 bridgehead atoms. The van der Waals surface area contributed by atoms with E-state index in [0.29, 0.717) is 0 Å². The van der Waals surface area contributed by atoms with Gasteiger partial charge in [-0.1, -0.05) is 0 Å². The summed E-state index contributed by atoms with van der Waals surface area (Å²) >= 11 is -1.42. The van der Waals surface area contributed by atoms with Gasteiger partial charge in [0.2, 0.25) is 0 Å². The van der Waals surface area contributed by atoms with Crippen molar-refractivity contribution in [1.29, 1.82) is 0 Å². The summed E-state index contributed by atoms with van der Waals surface area (Å²) in [6, 6.07) is 0. The SMILES string of the molecule is CC(C)[CH2][Sn]1([CH3])[CH2]CCC[CH2]1. The predicted octanol–water partition coefficient (Wildman–Crippen LogP) is 3.90. The second-order valence-corrected chi connectivity index (χ2v) is 19.3. The third kappa shape index (κ3) is 3.35. The zero-order valence-corrected chi connectivity index (χ0v) is 11.2. The fourth-order valence-corrected chi connectivity index (χ4v) is 16.4. The van der Waals surface area contributed by atoms with Crippen LogP contribution in [-0.4, -0.2) is 18.4 Å². The van der Waals surface area contributed by atoms with Gasteiger partial charge < -0.3 is 0 Å². The molecule has 0 N–H and O–H groups in total. The minimum atomic E-state index is -1.42. The van der Waals surface area contributed by atoms with Crippen molar-refractivity contribution in [2.24, 2.45) is 5.92 Å². The van der Waals surface area contributed by atoms with Crippen molar-refractivity contribution in [2.45, 2.75) is 51.4 Å². The van der Waals surface area contributed by atoms with Crippen LogP contribution in [0.3, 0.4) is 0 Å². The van der Waals surface area contributed by atoms with E-state index in [1.807, 2.05) is 0 Å². The van der Waals surface area contributed by atoms with Gasteiger partial charge in [-0.3, -0.25) is 0 Å². The van der Waals surface area contributed by atoms with Gasteiger partial charge in [0.05, 0.1) is 0 Å². The first-order valence-electron chi connectivity index (χ1n) is 5.12. The standard InChI is InChI=1S/C5H10.C4H9.CH3.Sn/c1-3-5-4-2;1-4(2)3;;/h1-5H2;4H,1H2,2-3H3;1H3;. The van der Waals surface area contributed by atoms with E-state index in [9.17, 15) is 0 Å². The normalized spacial score (nSPS) is 24.0. The second kappa shape index (κ2) is 4.15. The molecule has 11 heavy (non-hydrogen) atoms. The molecule has 0 aromatic rings. The summed E-state index contributed by atoms with van der Waals surface area (Å²) in [6.07, 6.45) is 4.67. The van der Waals surface area contributed by atoms with Crippen molar-refractivity contribution in [3.63, 3.8) is 0 Å². The van der Waals surface area contributed by atoms with Crippen LogP contribution in [0.4, 0.5) is 0 Å². The average Bonchev–Trinajstić information content (AvgIpc) is 1.85. The predicted molar refractivity (Wildman–Crippen MR) is 54.7 cm³/mol. The summed E-state index contributed by atoms with van der Waals surface area (Å²) in [5.41, 5.74) is 0. The van der Waals surface area contributed by atoms with Gasteiger partial charge in [-0.2, -0.15) is 0 Å². The van der Waals surface area contributed by atoms with Gasteiger partial charge in [-0.25, -0.2) is 0 Å². The Hall–Kier alpha value is 0.799. The maximum absolute atomic E-state index is 2.69. The van der Waals surface area contributed by atoms with Crippen molar-refractivity contribution in [3.8, 4) is 0 Å². The summed E-state index contributed by atoms with van der Waals surface area (Å²) in [4.78, 5) is 2.69. The van der Waals surface area contributed by atoms with E-state index in [0.717, 1.165) is 5.92 Å². The van der Waals surface area contributed by atoms with Crippen LogP contribution in [0.25, 0.3) is 0 Å². The minimum absolute atomic E-state index is 0.980. The van der Waals surface area contributed by atoms with E-state index < -0.39 is 18.4 Å². The molecule has 1 aliphatic rings. The van der Waals surface area contributed by atoms with Crippen molar-refractivity contribution in [3.05, 3.63) is 0 Å². The van der Waals surface area contributed by atoms with Crippen molar-refractivity contribution in [1.82, 2.24) is 0 Å². The molecule has 1 fully saturated rings. The van der Waals surface area contributed by atoms with E-state index in [2.05, 4.69) is 18.8 Å². The van der Waals surface area contributed by atoms with Gasteiger partial charge in [0.1, 0.15) is 0 Å². The molecular weight excluding hydrogens is 239 g/mol. The summed E-state index contributed by atoms with van der Waals surface area (Å²) in [7, 11) is 0. The van der Waals surface area contributed by atoms with Crippen molar-refractivity contribution < 1.29 is 0 Å². The first-order chi connectivity index (χ1) is 5.12. The van der Waals surface area contributed by atoms with E-state index in [1.165, 1.54) is 6.42 Å². The Bertz CT molecular complexity index is 112. The second-order valence-electron chi connectivity index (χ2n) is 4.97. The van der Waals surface area contributed by atoms with Gasteiger partial charge in [-0.05, 0) is 0 Å². The molecule has 0 saturated carbocycles. The van der Waals surface area contributed by atoms with Crippen LogP contribution >= 0.6 is 0 Å². The Morgan fingerprint density at radius 3 is 2.09 bits per heavy atom. The maximum atomic E-state index is 2.69. The Kier molecular flexibility index (Phi) is 3.73. The van der Waals surface area contributed by atoms with E-state index in [4.69, 9.17) is 0 Å². The molecule has 0 aliphatic carbocycles. The molecule has 1 heterocycles. The Morgan fingerprint density at radius 2 is 1.64 bits per heavy atom. The average molecular weight is 261 g/mol. The molecule has 0 amide bonds. The van der Waals surface area contributed by atoms with Crippen LogP contribution in [0.15, 0.2) is 0 Å². The van der Waals surface area contributed by atoms with Gasteiger partial charge in [0.25, 0.3) is 0 Å². The van der Waals surface area contributed by atoms with E-state index >= 15 is 0 Å². The molecule has 0 aromatic carbocycles. The van der Waals surface area contributed by atoms with Gasteiger partial charge in [0, 0.05) is 0 Å². The molecule has 1 aliphatic heterocycles. The fourth-order valence-electron chi connectivity index (χ4n) is 2.60. The topological polar surface area (TPSA) is 0 Å². The van der Waals surface area contributed by atoms with E-state index in [-0.39, 0.29) is 0 Å².